The van der Waals surface area contributed by atoms with Crippen LogP contribution in [0, 0.1) is 0 Å². The second-order valence-electron chi connectivity index (χ2n) is 2.69. The van der Waals surface area contributed by atoms with E-state index in [0.29, 0.717) is 11.3 Å². The molecule has 5 heteroatoms. The first-order valence-corrected chi connectivity index (χ1v) is 5.00. The molecule has 1 unspecified atom stereocenters. The van der Waals surface area contributed by atoms with Crippen molar-refractivity contribution in [1.82, 2.24) is 0 Å². The lowest BCUT2D eigenvalue weighted by Gasteiger charge is -1.97. The van der Waals surface area contributed by atoms with Crippen molar-refractivity contribution in [1.29, 1.82) is 0 Å². The van der Waals surface area contributed by atoms with Gasteiger partial charge in [0.2, 0.25) is 16.2 Å². The molecule has 0 bridgehead atoms. The van der Waals surface area contributed by atoms with E-state index in [1.807, 2.05) is 0 Å². The van der Waals surface area contributed by atoms with Crippen LogP contribution in [0.15, 0.2) is 33.8 Å². The maximum absolute atomic E-state index is 10.7. The highest BCUT2D eigenvalue weighted by Gasteiger charge is 2.11. The molecule has 1 N–H and O–H groups in total. The monoisotopic (exact) mass is 212 g/mol. The van der Waals surface area contributed by atoms with Crippen LogP contribution in [0.1, 0.15) is 0 Å². The summed E-state index contributed by atoms with van der Waals surface area (Å²) in [6, 6.07) is 6.84. The molecule has 74 valence electrons. The summed E-state index contributed by atoms with van der Waals surface area (Å²) in [4.78, 5) is 0. The van der Waals surface area contributed by atoms with Crippen molar-refractivity contribution < 1.29 is 17.9 Å². The van der Waals surface area contributed by atoms with Gasteiger partial charge in [-0.3, -0.25) is 4.55 Å². The molecule has 0 aliphatic heterocycles. The average molecular weight is 212 g/mol. The van der Waals surface area contributed by atoms with Crippen molar-refractivity contribution in [3.8, 4) is 5.75 Å². The van der Waals surface area contributed by atoms with Gasteiger partial charge in [-0.2, -0.15) is 0 Å². The summed E-state index contributed by atoms with van der Waals surface area (Å²) >= 11 is -2.09. The maximum atomic E-state index is 10.7. The molecule has 0 spiro atoms. The van der Waals surface area contributed by atoms with Crippen LogP contribution >= 0.6 is 0 Å². The zero-order valence-electron chi connectivity index (χ0n) is 7.39. The van der Waals surface area contributed by atoms with Crippen LogP contribution in [0.3, 0.4) is 0 Å². The Morgan fingerprint density at radius 1 is 1.50 bits per heavy atom. The zero-order valence-corrected chi connectivity index (χ0v) is 8.21. The maximum Gasteiger partial charge on any atom is 0.223 e. The predicted molar refractivity (Wildman–Crippen MR) is 51.8 cm³/mol. The number of hydrogen-bond donors (Lipinski definition) is 1. The van der Waals surface area contributed by atoms with E-state index >= 15 is 0 Å². The number of furan rings is 1. The minimum absolute atomic E-state index is 0.0319. The van der Waals surface area contributed by atoms with Gasteiger partial charge in [0, 0.05) is 11.5 Å². The highest BCUT2D eigenvalue weighted by Crippen LogP contribution is 2.29. The molecule has 2 aromatic rings. The Bertz CT molecular complexity index is 489. The largest absolute Gasteiger partial charge is 0.493 e. The van der Waals surface area contributed by atoms with Gasteiger partial charge in [0.05, 0.1) is 7.11 Å². The van der Waals surface area contributed by atoms with Crippen molar-refractivity contribution in [3.05, 3.63) is 24.3 Å². The molecule has 0 saturated carbocycles. The molecule has 0 aliphatic carbocycles. The number of rotatable bonds is 2. The van der Waals surface area contributed by atoms with Gasteiger partial charge < -0.3 is 9.15 Å². The molecule has 14 heavy (non-hydrogen) atoms. The number of hydrogen-bond acceptors (Lipinski definition) is 3. The van der Waals surface area contributed by atoms with E-state index < -0.39 is 11.1 Å². The summed E-state index contributed by atoms with van der Waals surface area (Å²) in [6.07, 6.45) is 0. The minimum Gasteiger partial charge on any atom is -0.493 e. The highest BCUT2D eigenvalue weighted by atomic mass is 32.2. The fourth-order valence-electron chi connectivity index (χ4n) is 1.26. The molecule has 0 aliphatic rings. The second-order valence-corrected chi connectivity index (χ2v) is 3.59. The van der Waals surface area contributed by atoms with Gasteiger partial charge in [-0.1, -0.05) is 12.1 Å². The normalized spacial score (nSPS) is 13.0. The fraction of sp³-hybridized carbons (Fsp3) is 0.111. The minimum atomic E-state index is -2.09. The SMILES string of the molecule is COc1cccc2cc(S(=O)O)oc12. The van der Waals surface area contributed by atoms with Crippen molar-refractivity contribution in [2.45, 2.75) is 5.09 Å². The molecular weight excluding hydrogens is 204 g/mol. The van der Waals surface area contributed by atoms with Crippen LogP contribution in [-0.4, -0.2) is 15.9 Å². The van der Waals surface area contributed by atoms with E-state index in [0.717, 1.165) is 5.39 Å². The zero-order chi connectivity index (χ0) is 10.1. The molecule has 0 fully saturated rings. The molecule has 1 atom stereocenters. The summed E-state index contributed by atoms with van der Waals surface area (Å²) in [5.74, 6) is 0.555. The number of methoxy groups -OCH3 is 1. The van der Waals surface area contributed by atoms with E-state index in [9.17, 15) is 4.21 Å². The summed E-state index contributed by atoms with van der Waals surface area (Å²) < 4.78 is 29.8. The van der Waals surface area contributed by atoms with Gasteiger partial charge in [-0.05, 0) is 6.07 Å². The van der Waals surface area contributed by atoms with Crippen molar-refractivity contribution >= 4 is 22.0 Å². The summed E-state index contributed by atoms with van der Waals surface area (Å²) in [6.45, 7) is 0. The predicted octanol–water partition coefficient (Wildman–Crippen LogP) is 2.02. The first-order chi connectivity index (χ1) is 6.72. The number of fused-ring (bicyclic) bond motifs is 1. The molecule has 1 heterocycles. The lowest BCUT2D eigenvalue weighted by atomic mass is 10.2. The number of para-hydroxylation sites is 1. The molecular formula is C9H8O4S. The van der Waals surface area contributed by atoms with Crippen molar-refractivity contribution in [2.24, 2.45) is 0 Å². The summed E-state index contributed by atoms with van der Waals surface area (Å²) in [7, 11) is 1.52. The van der Waals surface area contributed by atoms with Gasteiger partial charge in [0.15, 0.2) is 11.3 Å². The van der Waals surface area contributed by atoms with Crippen LogP contribution in [0.2, 0.25) is 0 Å². The second kappa shape index (κ2) is 3.43. The lowest BCUT2D eigenvalue weighted by molar-refractivity contribution is 0.400. The van der Waals surface area contributed by atoms with Gasteiger partial charge in [-0.15, -0.1) is 0 Å². The Hall–Kier alpha value is -1.33. The summed E-state index contributed by atoms with van der Waals surface area (Å²) in [5, 5.41) is 0.784. The molecule has 0 saturated heterocycles. The van der Waals surface area contributed by atoms with Crippen LogP contribution in [0.5, 0.6) is 5.75 Å². The molecule has 1 aromatic heterocycles. The third-order valence-corrected chi connectivity index (χ3v) is 2.42. The smallest absolute Gasteiger partial charge is 0.223 e. The molecule has 0 amide bonds. The molecule has 4 nitrogen and oxygen atoms in total. The molecule has 2 rings (SSSR count). The third-order valence-electron chi connectivity index (χ3n) is 1.88. The van der Waals surface area contributed by atoms with Gasteiger partial charge >= 0.3 is 0 Å². The Labute approximate surface area is 82.8 Å². The third kappa shape index (κ3) is 1.40. The van der Waals surface area contributed by atoms with Crippen LogP contribution < -0.4 is 4.74 Å². The van der Waals surface area contributed by atoms with Crippen LogP contribution in [0.4, 0.5) is 0 Å². The quantitative estimate of drug-likeness (QED) is 0.774. The highest BCUT2D eigenvalue weighted by molar-refractivity contribution is 7.79. The Morgan fingerprint density at radius 3 is 2.93 bits per heavy atom. The van der Waals surface area contributed by atoms with Crippen LogP contribution in [0.25, 0.3) is 11.0 Å². The molecule has 1 aromatic carbocycles. The first kappa shape index (κ1) is 9.23. The van der Waals surface area contributed by atoms with Gasteiger partial charge in [0.1, 0.15) is 0 Å². The standard InChI is InChI=1S/C9H8O4S/c1-12-7-4-2-3-6-5-8(14(10)11)13-9(6)7/h2-5H,1H3,(H,10,11). The number of ether oxygens (including phenoxy) is 1. The fourth-order valence-corrected chi connectivity index (χ4v) is 1.64. The number of benzene rings is 1. The van der Waals surface area contributed by atoms with Crippen LogP contribution in [-0.2, 0) is 11.1 Å². The topological polar surface area (TPSA) is 59.7 Å². The van der Waals surface area contributed by atoms with E-state index in [1.54, 1.807) is 18.2 Å². The average Bonchev–Trinajstić information content (AvgIpc) is 2.60. The van der Waals surface area contributed by atoms with E-state index in [2.05, 4.69) is 0 Å². The van der Waals surface area contributed by atoms with E-state index in [1.165, 1.54) is 13.2 Å². The summed E-state index contributed by atoms with van der Waals surface area (Å²) in [5.41, 5.74) is 0.493. The van der Waals surface area contributed by atoms with E-state index in [-0.39, 0.29) is 5.09 Å². The molecule has 0 radical (unpaired) electrons. The van der Waals surface area contributed by atoms with Gasteiger partial charge in [0.25, 0.3) is 0 Å². The Morgan fingerprint density at radius 2 is 2.29 bits per heavy atom. The van der Waals surface area contributed by atoms with Crippen molar-refractivity contribution in [2.75, 3.05) is 7.11 Å². The lowest BCUT2D eigenvalue weighted by Crippen LogP contribution is -1.82. The Balaban J connectivity index is 2.70. The Kier molecular flexibility index (Phi) is 2.26. The van der Waals surface area contributed by atoms with E-state index in [4.69, 9.17) is 13.7 Å². The van der Waals surface area contributed by atoms with Crippen molar-refractivity contribution in [3.63, 3.8) is 0 Å². The van der Waals surface area contributed by atoms with Gasteiger partial charge in [-0.25, -0.2) is 4.21 Å². The first-order valence-electron chi connectivity index (χ1n) is 3.90.